The van der Waals surface area contributed by atoms with Gasteiger partial charge in [0, 0.05) is 38.4 Å². The third-order valence-electron chi connectivity index (χ3n) is 6.55. The smallest absolute Gasteiger partial charge is 0.322 e. The summed E-state index contributed by atoms with van der Waals surface area (Å²) in [5.41, 5.74) is 2.28. The lowest BCUT2D eigenvalue weighted by atomic mass is 9.96. The summed E-state index contributed by atoms with van der Waals surface area (Å²) < 4.78 is 5.49. The molecule has 1 heterocycles. The van der Waals surface area contributed by atoms with Crippen molar-refractivity contribution in [2.24, 2.45) is 0 Å². The summed E-state index contributed by atoms with van der Waals surface area (Å²) in [6.45, 7) is 5.03. The molecule has 2 amide bonds. The van der Waals surface area contributed by atoms with Gasteiger partial charge in [-0.25, -0.2) is 4.79 Å². The Hall–Kier alpha value is -3.92. The normalized spacial score (nSPS) is 14.0. The van der Waals surface area contributed by atoms with Crippen LogP contribution in [0.4, 0.5) is 10.5 Å². The van der Waals surface area contributed by atoms with Gasteiger partial charge in [-0.1, -0.05) is 54.6 Å². The molecule has 0 aliphatic carbocycles. The van der Waals surface area contributed by atoms with Crippen LogP contribution in [-0.2, 0) is 11.3 Å². The number of nitrogens with zero attached hydrogens (tertiary/aromatic N) is 3. The average Bonchev–Trinajstić information content (AvgIpc) is 2.91. The maximum atomic E-state index is 13.6. The molecule has 4 aromatic carbocycles. The number of ether oxygens (including phenoxy) is 1. The first-order chi connectivity index (χ1) is 17.2. The van der Waals surface area contributed by atoms with Gasteiger partial charge in [0.1, 0.15) is 0 Å². The van der Waals surface area contributed by atoms with E-state index in [4.69, 9.17) is 4.74 Å². The van der Waals surface area contributed by atoms with Crippen molar-refractivity contribution < 1.29 is 9.53 Å². The molecule has 0 spiro atoms. The van der Waals surface area contributed by atoms with E-state index < -0.39 is 0 Å². The van der Waals surface area contributed by atoms with E-state index in [0.717, 1.165) is 60.0 Å². The number of carbonyl (C=O) groups excluding carboxylic acids is 1. The van der Waals surface area contributed by atoms with Gasteiger partial charge in [0.25, 0.3) is 0 Å². The van der Waals surface area contributed by atoms with Crippen LogP contribution in [0.15, 0.2) is 78.9 Å². The van der Waals surface area contributed by atoms with Gasteiger partial charge < -0.3 is 15.0 Å². The van der Waals surface area contributed by atoms with Crippen molar-refractivity contribution in [2.45, 2.75) is 6.54 Å². The number of fused-ring (bicyclic) bond motifs is 2. The number of benzene rings is 4. The number of carbonyl (C=O) groups is 1. The van der Waals surface area contributed by atoms with Crippen molar-refractivity contribution in [1.82, 2.24) is 9.80 Å². The molecule has 0 aromatic heterocycles. The number of urea groups is 1. The standard InChI is InChI=1S/C29H28N4O2/c30-20-22-6-5-9-25(18-22)31-29(34)33(13-12-32-14-16-35-17-15-32)21-28-26-10-3-1-7-23(26)19-24-8-2-4-11-27(24)28/h1-11,18-19H,12-17,21H2,(H,31,34). The van der Waals surface area contributed by atoms with Gasteiger partial charge in [-0.05, 0) is 51.4 Å². The first-order valence-corrected chi connectivity index (χ1v) is 12.0. The Bertz CT molecular complexity index is 1330. The molecule has 0 unspecified atom stereocenters. The second kappa shape index (κ2) is 10.6. The summed E-state index contributed by atoms with van der Waals surface area (Å²) in [6, 6.07) is 27.9. The van der Waals surface area contributed by atoms with Crippen LogP contribution in [0.25, 0.3) is 21.5 Å². The molecule has 35 heavy (non-hydrogen) atoms. The SMILES string of the molecule is N#Cc1cccc(NC(=O)N(CCN2CCOCC2)Cc2c3ccccc3cc3ccccc23)c1. The number of rotatable bonds is 6. The molecule has 6 nitrogen and oxygen atoms in total. The minimum Gasteiger partial charge on any atom is -0.379 e. The minimum absolute atomic E-state index is 0.176. The second-order valence-corrected chi connectivity index (χ2v) is 8.80. The van der Waals surface area contributed by atoms with E-state index in [2.05, 4.69) is 46.6 Å². The Morgan fingerprint density at radius 2 is 1.63 bits per heavy atom. The molecule has 5 rings (SSSR count). The van der Waals surface area contributed by atoms with E-state index in [1.165, 1.54) is 0 Å². The molecule has 4 aromatic rings. The molecule has 0 saturated carbocycles. The van der Waals surface area contributed by atoms with E-state index in [0.29, 0.717) is 24.3 Å². The molecule has 6 heteroatoms. The van der Waals surface area contributed by atoms with Gasteiger partial charge in [0.2, 0.25) is 0 Å². The largest absolute Gasteiger partial charge is 0.379 e. The van der Waals surface area contributed by atoms with Crippen molar-refractivity contribution in [3.05, 3.63) is 90.0 Å². The minimum atomic E-state index is -0.176. The van der Waals surface area contributed by atoms with Crippen LogP contribution in [-0.4, -0.2) is 55.2 Å². The van der Waals surface area contributed by atoms with Crippen molar-refractivity contribution in [2.75, 3.05) is 44.7 Å². The van der Waals surface area contributed by atoms with E-state index in [1.807, 2.05) is 35.2 Å². The maximum Gasteiger partial charge on any atom is 0.322 e. The summed E-state index contributed by atoms with van der Waals surface area (Å²) in [4.78, 5) is 17.8. The number of hydrogen-bond acceptors (Lipinski definition) is 4. The average molecular weight is 465 g/mol. The van der Waals surface area contributed by atoms with Gasteiger partial charge in [-0.15, -0.1) is 0 Å². The van der Waals surface area contributed by atoms with Crippen molar-refractivity contribution in [3.8, 4) is 6.07 Å². The zero-order chi connectivity index (χ0) is 24.0. The number of nitriles is 1. The molecule has 1 fully saturated rings. The molecule has 176 valence electrons. The van der Waals surface area contributed by atoms with Crippen LogP contribution in [0.2, 0.25) is 0 Å². The number of anilines is 1. The van der Waals surface area contributed by atoms with Crippen LogP contribution in [0.5, 0.6) is 0 Å². The zero-order valence-electron chi connectivity index (χ0n) is 19.6. The summed E-state index contributed by atoms with van der Waals surface area (Å²) in [5, 5.41) is 16.9. The molecule has 0 radical (unpaired) electrons. The Labute approximate surface area is 205 Å². The maximum absolute atomic E-state index is 13.6. The highest BCUT2D eigenvalue weighted by atomic mass is 16.5. The fourth-order valence-corrected chi connectivity index (χ4v) is 4.68. The van der Waals surface area contributed by atoms with Crippen molar-refractivity contribution >= 4 is 33.3 Å². The van der Waals surface area contributed by atoms with Gasteiger partial charge in [-0.2, -0.15) is 5.26 Å². The number of morpholine rings is 1. The highest BCUT2D eigenvalue weighted by Gasteiger charge is 2.20. The summed E-state index contributed by atoms with van der Waals surface area (Å²) in [7, 11) is 0. The van der Waals surface area contributed by atoms with Crippen LogP contribution >= 0.6 is 0 Å². The Balaban J connectivity index is 1.48. The third kappa shape index (κ3) is 5.27. The molecular formula is C29H28N4O2. The number of amides is 2. The molecule has 0 bridgehead atoms. The topological polar surface area (TPSA) is 68.6 Å². The van der Waals surface area contributed by atoms with Gasteiger partial charge in [0.15, 0.2) is 0 Å². The van der Waals surface area contributed by atoms with E-state index in [1.54, 1.807) is 18.2 Å². The van der Waals surface area contributed by atoms with Crippen molar-refractivity contribution in [3.63, 3.8) is 0 Å². The lowest BCUT2D eigenvalue weighted by Crippen LogP contribution is -2.44. The van der Waals surface area contributed by atoms with Crippen LogP contribution in [0.1, 0.15) is 11.1 Å². The van der Waals surface area contributed by atoms with Crippen LogP contribution in [0.3, 0.4) is 0 Å². The highest BCUT2D eigenvalue weighted by molar-refractivity contribution is 6.02. The van der Waals surface area contributed by atoms with E-state index in [-0.39, 0.29) is 6.03 Å². The lowest BCUT2D eigenvalue weighted by molar-refractivity contribution is 0.0349. The van der Waals surface area contributed by atoms with Crippen molar-refractivity contribution in [1.29, 1.82) is 5.26 Å². The predicted octanol–water partition coefficient (Wildman–Crippen LogP) is 5.23. The van der Waals surface area contributed by atoms with Gasteiger partial charge >= 0.3 is 6.03 Å². The molecule has 0 atom stereocenters. The highest BCUT2D eigenvalue weighted by Crippen LogP contribution is 2.29. The van der Waals surface area contributed by atoms with E-state index >= 15 is 0 Å². The first kappa shape index (κ1) is 22.9. The summed E-state index contributed by atoms with van der Waals surface area (Å²) in [5.74, 6) is 0. The fraction of sp³-hybridized carbons (Fsp3) is 0.241. The molecule has 1 aliphatic rings. The Kier molecular flexibility index (Phi) is 6.89. The number of hydrogen-bond donors (Lipinski definition) is 1. The van der Waals surface area contributed by atoms with Crippen LogP contribution < -0.4 is 5.32 Å². The molecular weight excluding hydrogens is 436 g/mol. The molecule has 1 aliphatic heterocycles. The first-order valence-electron chi connectivity index (χ1n) is 12.0. The monoisotopic (exact) mass is 464 g/mol. The number of nitrogens with one attached hydrogen (secondary N) is 1. The Morgan fingerprint density at radius 3 is 2.31 bits per heavy atom. The molecule has 1 saturated heterocycles. The summed E-state index contributed by atoms with van der Waals surface area (Å²) >= 11 is 0. The quantitative estimate of drug-likeness (QED) is 0.397. The molecule has 1 N–H and O–H groups in total. The summed E-state index contributed by atoms with van der Waals surface area (Å²) in [6.07, 6.45) is 0. The third-order valence-corrected chi connectivity index (χ3v) is 6.55. The Morgan fingerprint density at radius 1 is 0.943 bits per heavy atom. The fourth-order valence-electron chi connectivity index (χ4n) is 4.68. The van der Waals surface area contributed by atoms with Gasteiger partial charge in [0.05, 0.1) is 24.8 Å². The predicted molar refractivity (Wildman–Crippen MR) is 139 cm³/mol. The second-order valence-electron chi connectivity index (χ2n) is 8.80. The van der Waals surface area contributed by atoms with Gasteiger partial charge in [-0.3, -0.25) is 4.90 Å². The lowest BCUT2D eigenvalue weighted by Gasteiger charge is -2.30. The zero-order valence-corrected chi connectivity index (χ0v) is 19.6. The van der Waals surface area contributed by atoms with E-state index in [9.17, 15) is 10.1 Å². The van der Waals surface area contributed by atoms with Crippen LogP contribution in [0, 0.1) is 11.3 Å².